The van der Waals surface area contributed by atoms with E-state index in [0.29, 0.717) is 0 Å². The van der Waals surface area contributed by atoms with Gasteiger partial charge in [-0.2, -0.15) is 12.6 Å². The van der Waals surface area contributed by atoms with Crippen molar-refractivity contribution in [3.8, 4) is 0 Å². The maximum absolute atomic E-state index is 5.95. The molecule has 0 aliphatic heterocycles. The molecule has 0 fully saturated rings. The second-order valence-electron chi connectivity index (χ2n) is 2.34. The number of hydrogen-bond acceptors (Lipinski definition) is 1. The zero-order valence-electron chi connectivity index (χ0n) is 6.01. The number of halogens is 2. The lowest BCUT2D eigenvalue weighted by atomic mass is 10.2. The van der Waals surface area contributed by atoms with Crippen molar-refractivity contribution < 1.29 is 0 Å². The third-order valence-corrected chi connectivity index (χ3v) is 2.51. The molecule has 3 heteroatoms. The molecule has 1 aromatic rings. The Bertz CT molecular complexity index is 260. The predicted molar refractivity (Wildman–Crippen MR) is 56.6 cm³/mol. The average Bonchev–Trinajstić information content (AvgIpc) is 1.85. The normalized spacial score (nSPS) is 13.1. The molecular formula is C8H8BrClS. The Balaban J connectivity index is 3.09. The lowest BCUT2D eigenvalue weighted by Gasteiger charge is -2.06. The van der Waals surface area contributed by atoms with E-state index in [1.165, 1.54) is 0 Å². The Morgan fingerprint density at radius 2 is 2.18 bits per heavy atom. The number of hydrogen-bond donors (Lipinski definition) is 1. The molecular weight excluding hydrogens is 244 g/mol. The van der Waals surface area contributed by atoms with Gasteiger partial charge < -0.3 is 0 Å². The fourth-order valence-electron chi connectivity index (χ4n) is 0.840. The van der Waals surface area contributed by atoms with Gasteiger partial charge >= 0.3 is 0 Å². The Labute approximate surface area is 85.5 Å². The lowest BCUT2D eigenvalue weighted by molar-refractivity contribution is 1.11. The van der Waals surface area contributed by atoms with E-state index in [1.807, 2.05) is 25.1 Å². The molecule has 0 aromatic heterocycles. The van der Waals surface area contributed by atoms with Crippen LogP contribution in [0.1, 0.15) is 17.7 Å². The minimum Gasteiger partial charge on any atom is -0.171 e. The molecule has 0 saturated heterocycles. The standard InChI is InChI=1S/C8H8BrClS/c1-5(11)7-3-2-6(9)4-8(7)10/h2-5,11H,1H3. The molecule has 0 aliphatic carbocycles. The summed E-state index contributed by atoms with van der Waals surface area (Å²) in [5.74, 6) is 0. The SMILES string of the molecule is CC(S)c1ccc(Br)cc1Cl. The first-order valence-electron chi connectivity index (χ1n) is 3.24. The lowest BCUT2D eigenvalue weighted by Crippen LogP contribution is -1.84. The van der Waals surface area contributed by atoms with Gasteiger partial charge in [-0.05, 0) is 24.6 Å². The highest BCUT2D eigenvalue weighted by atomic mass is 79.9. The molecule has 0 bridgehead atoms. The van der Waals surface area contributed by atoms with Crippen LogP contribution in [0.3, 0.4) is 0 Å². The van der Waals surface area contributed by atoms with Gasteiger partial charge in [0.05, 0.1) is 0 Å². The van der Waals surface area contributed by atoms with Crippen LogP contribution in [-0.4, -0.2) is 0 Å². The van der Waals surface area contributed by atoms with Gasteiger partial charge in [0.25, 0.3) is 0 Å². The van der Waals surface area contributed by atoms with Crippen molar-refractivity contribution in [2.24, 2.45) is 0 Å². The molecule has 0 N–H and O–H groups in total. The van der Waals surface area contributed by atoms with Crippen LogP contribution in [0.15, 0.2) is 22.7 Å². The molecule has 0 saturated carbocycles. The van der Waals surface area contributed by atoms with E-state index >= 15 is 0 Å². The third kappa shape index (κ3) is 2.39. The first kappa shape index (κ1) is 9.43. The second-order valence-corrected chi connectivity index (χ2v) is 4.44. The smallest absolute Gasteiger partial charge is 0.0460 e. The van der Waals surface area contributed by atoms with Crippen LogP contribution in [0.4, 0.5) is 0 Å². The second kappa shape index (κ2) is 3.83. The Hall–Kier alpha value is 0.340. The molecule has 0 aliphatic rings. The quantitative estimate of drug-likeness (QED) is 0.714. The van der Waals surface area contributed by atoms with Gasteiger partial charge in [-0.1, -0.05) is 33.6 Å². The molecule has 1 rings (SSSR count). The van der Waals surface area contributed by atoms with Crippen LogP contribution >= 0.6 is 40.2 Å². The summed E-state index contributed by atoms with van der Waals surface area (Å²) in [7, 11) is 0. The summed E-state index contributed by atoms with van der Waals surface area (Å²) in [6.45, 7) is 2.00. The fourth-order valence-corrected chi connectivity index (χ4v) is 1.98. The van der Waals surface area contributed by atoms with Crippen molar-refractivity contribution >= 4 is 40.2 Å². The van der Waals surface area contributed by atoms with Crippen LogP contribution < -0.4 is 0 Å². The van der Waals surface area contributed by atoms with Gasteiger partial charge in [-0.25, -0.2) is 0 Å². The summed E-state index contributed by atoms with van der Waals surface area (Å²) in [5.41, 5.74) is 1.07. The predicted octanol–water partition coefficient (Wildman–Crippen LogP) is 4.09. The molecule has 1 aromatic carbocycles. The van der Waals surface area contributed by atoms with Crippen LogP contribution in [0, 0.1) is 0 Å². The number of benzene rings is 1. The summed E-state index contributed by atoms with van der Waals surface area (Å²) < 4.78 is 1.00. The topological polar surface area (TPSA) is 0 Å². The van der Waals surface area contributed by atoms with Gasteiger partial charge in [0, 0.05) is 14.7 Å². The van der Waals surface area contributed by atoms with Crippen molar-refractivity contribution in [2.45, 2.75) is 12.2 Å². The highest BCUT2D eigenvalue weighted by Gasteiger charge is 2.04. The monoisotopic (exact) mass is 250 g/mol. The molecule has 1 unspecified atom stereocenters. The van der Waals surface area contributed by atoms with Gasteiger partial charge in [-0.3, -0.25) is 0 Å². The largest absolute Gasteiger partial charge is 0.171 e. The van der Waals surface area contributed by atoms with Crippen molar-refractivity contribution in [1.82, 2.24) is 0 Å². The van der Waals surface area contributed by atoms with Crippen molar-refractivity contribution in [3.63, 3.8) is 0 Å². The van der Waals surface area contributed by atoms with Gasteiger partial charge in [0.2, 0.25) is 0 Å². The summed E-state index contributed by atoms with van der Waals surface area (Å²) in [6.07, 6.45) is 0. The zero-order valence-corrected chi connectivity index (χ0v) is 9.25. The first-order valence-corrected chi connectivity index (χ1v) is 4.93. The highest BCUT2D eigenvalue weighted by molar-refractivity contribution is 9.10. The summed E-state index contributed by atoms with van der Waals surface area (Å²) >= 11 is 13.6. The van der Waals surface area contributed by atoms with Gasteiger partial charge in [0.1, 0.15) is 0 Å². The molecule has 0 radical (unpaired) electrons. The minimum absolute atomic E-state index is 0.190. The molecule has 0 heterocycles. The summed E-state index contributed by atoms with van der Waals surface area (Å²) in [5, 5.41) is 0.956. The fraction of sp³-hybridized carbons (Fsp3) is 0.250. The van der Waals surface area contributed by atoms with Crippen LogP contribution in [0.5, 0.6) is 0 Å². The van der Waals surface area contributed by atoms with E-state index in [0.717, 1.165) is 15.1 Å². The van der Waals surface area contributed by atoms with Gasteiger partial charge in [-0.15, -0.1) is 0 Å². The van der Waals surface area contributed by atoms with E-state index in [4.69, 9.17) is 11.6 Å². The summed E-state index contributed by atoms with van der Waals surface area (Å²) in [6, 6.07) is 5.82. The summed E-state index contributed by atoms with van der Waals surface area (Å²) in [4.78, 5) is 0. The van der Waals surface area contributed by atoms with Crippen LogP contribution in [0.25, 0.3) is 0 Å². The van der Waals surface area contributed by atoms with Gasteiger partial charge in [0.15, 0.2) is 0 Å². The van der Waals surface area contributed by atoms with E-state index in [1.54, 1.807) is 0 Å². The highest BCUT2D eigenvalue weighted by Crippen LogP contribution is 2.29. The Morgan fingerprint density at radius 1 is 1.55 bits per heavy atom. The maximum atomic E-state index is 5.95. The molecule has 0 spiro atoms. The van der Waals surface area contributed by atoms with E-state index < -0.39 is 0 Å². The molecule has 11 heavy (non-hydrogen) atoms. The van der Waals surface area contributed by atoms with Crippen molar-refractivity contribution in [3.05, 3.63) is 33.3 Å². The van der Waals surface area contributed by atoms with E-state index in [9.17, 15) is 0 Å². The first-order chi connectivity index (χ1) is 5.11. The van der Waals surface area contributed by atoms with Crippen molar-refractivity contribution in [2.75, 3.05) is 0 Å². The maximum Gasteiger partial charge on any atom is 0.0460 e. The van der Waals surface area contributed by atoms with E-state index in [2.05, 4.69) is 28.6 Å². The molecule has 1 atom stereocenters. The minimum atomic E-state index is 0.190. The van der Waals surface area contributed by atoms with E-state index in [-0.39, 0.29) is 5.25 Å². The molecule has 0 nitrogen and oxygen atoms in total. The molecule has 60 valence electrons. The Morgan fingerprint density at radius 3 is 2.64 bits per heavy atom. The molecule has 0 amide bonds. The number of thiol groups is 1. The third-order valence-electron chi connectivity index (χ3n) is 1.41. The number of rotatable bonds is 1. The van der Waals surface area contributed by atoms with Crippen molar-refractivity contribution in [1.29, 1.82) is 0 Å². The average molecular weight is 252 g/mol. The van der Waals surface area contributed by atoms with Crippen LogP contribution in [0.2, 0.25) is 5.02 Å². The Kier molecular flexibility index (Phi) is 3.29. The van der Waals surface area contributed by atoms with Crippen LogP contribution in [-0.2, 0) is 0 Å². The zero-order chi connectivity index (χ0) is 8.43.